The van der Waals surface area contributed by atoms with Crippen molar-refractivity contribution in [2.75, 3.05) is 12.4 Å². The lowest BCUT2D eigenvalue weighted by atomic mass is 10.2. The van der Waals surface area contributed by atoms with Crippen LogP contribution in [0.2, 0.25) is 0 Å². The normalized spacial score (nSPS) is 12.9. The number of aromatic nitrogens is 1. The summed E-state index contributed by atoms with van der Waals surface area (Å²) in [5.74, 6) is 0.416. The number of aryl methyl sites for hydroxylation is 1. The molecule has 1 heterocycles. The first-order chi connectivity index (χ1) is 8.11. The Bertz CT molecular complexity index is 482. The Morgan fingerprint density at radius 2 is 2.00 bits per heavy atom. The van der Waals surface area contributed by atoms with Crippen LogP contribution in [0.4, 0.5) is 0 Å². The minimum Gasteiger partial charge on any atom is -0.375 e. The molecule has 0 aromatic carbocycles. The monoisotopic (exact) mass is 339 g/mol. The lowest BCUT2D eigenvalue weighted by molar-refractivity contribution is 0.00644. The number of halogens is 1. The maximum atomic E-state index is 11.9. The van der Waals surface area contributed by atoms with Crippen LogP contribution in [0.3, 0.4) is 0 Å². The third-order valence-corrected chi connectivity index (χ3v) is 4.37. The molecule has 0 bridgehead atoms. The lowest BCUT2D eigenvalue weighted by Gasteiger charge is -2.19. The number of hydrogen-bond donors (Lipinski definition) is 0. The van der Waals surface area contributed by atoms with Gasteiger partial charge in [-0.05, 0) is 43.6 Å². The molecule has 0 aliphatic heterocycles. The van der Waals surface area contributed by atoms with Gasteiger partial charge in [0.25, 0.3) is 0 Å². The molecule has 0 saturated heterocycles. The first-order valence-corrected chi connectivity index (χ1v) is 8.17. The summed E-state index contributed by atoms with van der Waals surface area (Å²) in [6.45, 7) is 7.54. The van der Waals surface area contributed by atoms with E-state index in [1.54, 1.807) is 6.92 Å². The predicted octanol–water partition coefficient (Wildman–Crippen LogP) is 2.48. The van der Waals surface area contributed by atoms with E-state index in [9.17, 15) is 8.42 Å². The van der Waals surface area contributed by atoms with Gasteiger partial charge in [-0.1, -0.05) is 5.16 Å². The SMILES string of the molecule is Cc1onc(Br)c1CS(=O)(=O)CCOC(C)(C)C. The lowest BCUT2D eigenvalue weighted by Crippen LogP contribution is -2.24. The van der Waals surface area contributed by atoms with Crippen molar-refractivity contribution in [1.82, 2.24) is 5.16 Å². The second kappa shape index (κ2) is 5.71. The maximum Gasteiger partial charge on any atom is 0.156 e. The van der Waals surface area contributed by atoms with Crippen LogP contribution in [0.15, 0.2) is 9.13 Å². The van der Waals surface area contributed by atoms with Gasteiger partial charge in [0.1, 0.15) is 5.76 Å². The highest BCUT2D eigenvalue weighted by Crippen LogP contribution is 2.21. The molecule has 0 amide bonds. The van der Waals surface area contributed by atoms with E-state index in [1.165, 1.54) is 0 Å². The molecule has 1 aromatic heterocycles. The van der Waals surface area contributed by atoms with Crippen molar-refractivity contribution in [3.8, 4) is 0 Å². The Morgan fingerprint density at radius 1 is 1.39 bits per heavy atom. The van der Waals surface area contributed by atoms with Crippen molar-refractivity contribution in [2.24, 2.45) is 0 Å². The summed E-state index contributed by atoms with van der Waals surface area (Å²) in [6, 6.07) is 0. The fourth-order valence-electron chi connectivity index (χ4n) is 1.29. The molecule has 18 heavy (non-hydrogen) atoms. The van der Waals surface area contributed by atoms with Crippen molar-refractivity contribution in [3.05, 3.63) is 15.9 Å². The molecule has 0 aliphatic rings. The first-order valence-electron chi connectivity index (χ1n) is 5.56. The summed E-state index contributed by atoms with van der Waals surface area (Å²) in [6.07, 6.45) is 0. The third-order valence-electron chi connectivity index (χ3n) is 2.23. The predicted molar refractivity (Wildman–Crippen MR) is 72.1 cm³/mol. The third kappa shape index (κ3) is 5.07. The molecular formula is C11H18BrNO4S. The van der Waals surface area contributed by atoms with E-state index in [1.807, 2.05) is 20.8 Å². The Morgan fingerprint density at radius 3 is 2.44 bits per heavy atom. The molecule has 5 nitrogen and oxygen atoms in total. The fourth-order valence-corrected chi connectivity index (χ4v) is 3.23. The number of hydrogen-bond acceptors (Lipinski definition) is 5. The molecule has 1 rings (SSSR count). The largest absolute Gasteiger partial charge is 0.375 e. The van der Waals surface area contributed by atoms with E-state index in [2.05, 4.69) is 21.1 Å². The Labute approximate surface area is 116 Å². The molecule has 0 saturated carbocycles. The van der Waals surface area contributed by atoms with Crippen molar-refractivity contribution in [3.63, 3.8) is 0 Å². The number of ether oxygens (including phenoxy) is 1. The zero-order valence-electron chi connectivity index (χ0n) is 11.0. The zero-order chi connectivity index (χ0) is 14.0. The molecule has 1 aromatic rings. The number of nitrogens with zero attached hydrogens (tertiary/aromatic N) is 1. The number of rotatable bonds is 5. The maximum absolute atomic E-state index is 11.9. The highest BCUT2D eigenvalue weighted by molar-refractivity contribution is 9.10. The van der Waals surface area contributed by atoms with Crippen LogP contribution in [0, 0.1) is 6.92 Å². The highest BCUT2D eigenvalue weighted by atomic mass is 79.9. The minimum atomic E-state index is -3.23. The van der Waals surface area contributed by atoms with Gasteiger partial charge in [-0.15, -0.1) is 0 Å². The molecule has 0 unspecified atom stereocenters. The molecule has 0 fully saturated rings. The van der Waals surface area contributed by atoms with E-state index < -0.39 is 9.84 Å². The molecule has 104 valence electrons. The minimum absolute atomic E-state index is 0.0126. The smallest absolute Gasteiger partial charge is 0.156 e. The van der Waals surface area contributed by atoms with E-state index in [-0.39, 0.29) is 23.7 Å². The van der Waals surface area contributed by atoms with Crippen LogP contribution in [-0.2, 0) is 20.3 Å². The molecule has 7 heteroatoms. The van der Waals surface area contributed by atoms with Crippen molar-refractivity contribution in [2.45, 2.75) is 39.0 Å². The standard InChI is InChI=1S/C11H18BrNO4S/c1-8-9(10(12)13-17-8)7-18(14,15)6-5-16-11(2,3)4/h5-7H2,1-4H3. The summed E-state index contributed by atoms with van der Waals surface area (Å²) in [5, 5.41) is 3.67. The molecular weight excluding hydrogens is 322 g/mol. The van der Waals surface area contributed by atoms with Gasteiger partial charge in [0.05, 0.1) is 23.7 Å². The van der Waals surface area contributed by atoms with Crippen LogP contribution in [-0.4, -0.2) is 31.5 Å². The van der Waals surface area contributed by atoms with Crippen LogP contribution in [0.25, 0.3) is 0 Å². The van der Waals surface area contributed by atoms with Gasteiger partial charge in [0, 0.05) is 5.56 Å². The van der Waals surface area contributed by atoms with E-state index >= 15 is 0 Å². The van der Waals surface area contributed by atoms with Crippen LogP contribution in [0.1, 0.15) is 32.1 Å². The summed E-state index contributed by atoms with van der Waals surface area (Å²) < 4.78 is 34.6. The van der Waals surface area contributed by atoms with Gasteiger partial charge in [0.2, 0.25) is 0 Å². The first kappa shape index (κ1) is 15.7. The van der Waals surface area contributed by atoms with Crippen molar-refractivity contribution >= 4 is 25.8 Å². The Kier molecular flexibility index (Phi) is 4.97. The van der Waals surface area contributed by atoms with Crippen molar-refractivity contribution < 1.29 is 17.7 Å². The van der Waals surface area contributed by atoms with Gasteiger partial charge in [0.15, 0.2) is 14.4 Å². The molecule has 0 radical (unpaired) electrons. The highest BCUT2D eigenvalue weighted by Gasteiger charge is 2.20. The van der Waals surface area contributed by atoms with Gasteiger partial charge in [-0.25, -0.2) is 8.42 Å². The van der Waals surface area contributed by atoms with Gasteiger partial charge < -0.3 is 9.26 Å². The average molecular weight is 340 g/mol. The molecule has 0 aliphatic carbocycles. The second-order valence-corrected chi connectivity index (χ2v) is 8.00. The Hall–Kier alpha value is -0.400. The summed E-state index contributed by atoms with van der Waals surface area (Å²) in [7, 11) is -3.23. The van der Waals surface area contributed by atoms with Crippen LogP contribution < -0.4 is 0 Å². The summed E-state index contributed by atoms with van der Waals surface area (Å²) in [5.41, 5.74) is 0.245. The summed E-state index contributed by atoms with van der Waals surface area (Å²) >= 11 is 3.17. The fraction of sp³-hybridized carbons (Fsp3) is 0.727. The molecule has 0 atom stereocenters. The van der Waals surface area contributed by atoms with E-state index in [0.29, 0.717) is 15.9 Å². The molecule has 0 N–H and O–H groups in total. The van der Waals surface area contributed by atoms with E-state index in [4.69, 9.17) is 9.26 Å². The Balaban J connectivity index is 2.61. The van der Waals surface area contributed by atoms with Crippen LogP contribution >= 0.6 is 15.9 Å². The van der Waals surface area contributed by atoms with E-state index in [0.717, 1.165) is 0 Å². The number of sulfone groups is 1. The zero-order valence-corrected chi connectivity index (χ0v) is 13.4. The van der Waals surface area contributed by atoms with Gasteiger partial charge in [-0.3, -0.25) is 0 Å². The van der Waals surface area contributed by atoms with Crippen molar-refractivity contribution in [1.29, 1.82) is 0 Å². The van der Waals surface area contributed by atoms with Gasteiger partial charge in [-0.2, -0.15) is 0 Å². The topological polar surface area (TPSA) is 69.4 Å². The summed E-state index contributed by atoms with van der Waals surface area (Å²) in [4.78, 5) is 0. The second-order valence-electron chi connectivity index (χ2n) is 5.06. The molecule has 0 spiro atoms. The quantitative estimate of drug-likeness (QED) is 0.824. The van der Waals surface area contributed by atoms with Gasteiger partial charge >= 0.3 is 0 Å². The average Bonchev–Trinajstić information content (AvgIpc) is 2.46. The van der Waals surface area contributed by atoms with Crippen LogP contribution in [0.5, 0.6) is 0 Å².